The van der Waals surface area contributed by atoms with Gasteiger partial charge in [-0.3, -0.25) is 4.79 Å². The molecule has 8 heteroatoms. The van der Waals surface area contributed by atoms with Crippen LogP contribution in [0.4, 0.5) is 0 Å². The number of rotatable bonds is 8. The summed E-state index contributed by atoms with van der Waals surface area (Å²) in [6.45, 7) is 3.71. The van der Waals surface area contributed by atoms with Gasteiger partial charge in [-0.05, 0) is 65.6 Å². The first-order valence-corrected chi connectivity index (χ1v) is 11.6. The number of nitrogens with zero attached hydrogens (tertiary/aromatic N) is 1. The van der Waals surface area contributed by atoms with Crippen LogP contribution in [-0.4, -0.2) is 45.2 Å². The van der Waals surface area contributed by atoms with Crippen LogP contribution in [0.2, 0.25) is 0 Å². The molecule has 180 valence electrons. The number of carbonyl (C=O) groups excluding carboxylic acids is 1. The summed E-state index contributed by atoms with van der Waals surface area (Å²) in [5.74, 6) is -1.33. The van der Waals surface area contributed by atoms with Crippen molar-refractivity contribution in [2.75, 3.05) is 13.2 Å². The Morgan fingerprint density at radius 1 is 1.12 bits per heavy atom. The molecule has 0 fully saturated rings. The number of aromatic hydroxyl groups is 1. The molecule has 3 aromatic rings. The second kappa shape index (κ2) is 9.97. The van der Waals surface area contributed by atoms with Crippen molar-refractivity contribution < 1.29 is 25.0 Å². The number of carbonyl (C=O) groups is 1. The van der Waals surface area contributed by atoms with Crippen LogP contribution in [-0.2, 0) is 30.5 Å². The molecule has 0 aliphatic heterocycles. The van der Waals surface area contributed by atoms with E-state index < -0.39 is 24.2 Å². The number of aryl methyl sites for hydroxylation is 2. The molecule has 0 radical (unpaired) electrons. The molecule has 1 heterocycles. The van der Waals surface area contributed by atoms with Gasteiger partial charge in [0.05, 0.1) is 6.10 Å². The minimum Gasteiger partial charge on any atom is -0.506 e. The first-order valence-electron chi connectivity index (χ1n) is 11.6. The van der Waals surface area contributed by atoms with E-state index in [9.17, 15) is 19.8 Å². The number of aromatic nitrogens is 1. The molecule has 1 atom stereocenters. The Balaban J connectivity index is 1.54. The standard InChI is InChI=1S/C26H30N2O6/c1-3-15-9-17-11-19(12-18(17)10-16(15)4-2)27-13-23(31)20-5-7-22(30)26-21(20)6-8-24(32)28(26)34-25(33)14-29/h5-10,19,23,27,29-31H,3-4,11-14H2,1-2H3/t23-/m0/s1. The molecule has 1 aliphatic carbocycles. The van der Waals surface area contributed by atoms with Gasteiger partial charge in [-0.2, -0.15) is 0 Å². The fourth-order valence-corrected chi connectivity index (χ4v) is 4.81. The molecule has 0 saturated carbocycles. The van der Waals surface area contributed by atoms with Gasteiger partial charge in [-0.15, -0.1) is 4.73 Å². The lowest BCUT2D eigenvalue weighted by Gasteiger charge is -2.19. The van der Waals surface area contributed by atoms with E-state index in [0.29, 0.717) is 15.7 Å². The predicted molar refractivity (Wildman–Crippen MR) is 128 cm³/mol. The van der Waals surface area contributed by atoms with Gasteiger partial charge in [0, 0.05) is 24.0 Å². The Bertz CT molecular complexity index is 1250. The van der Waals surface area contributed by atoms with E-state index in [1.54, 1.807) is 6.07 Å². The molecule has 0 unspecified atom stereocenters. The van der Waals surface area contributed by atoms with Gasteiger partial charge in [-0.25, -0.2) is 4.79 Å². The van der Waals surface area contributed by atoms with Gasteiger partial charge in [0.15, 0.2) is 0 Å². The molecule has 0 spiro atoms. The van der Waals surface area contributed by atoms with Crippen LogP contribution in [0, 0.1) is 0 Å². The quantitative estimate of drug-likeness (QED) is 0.398. The zero-order valence-electron chi connectivity index (χ0n) is 19.4. The number of nitrogens with one attached hydrogen (secondary N) is 1. The lowest BCUT2D eigenvalue weighted by atomic mass is 9.97. The van der Waals surface area contributed by atoms with E-state index in [1.807, 2.05) is 0 Å². The Hall–Kier alpha value is -3.20. The summed E-state index contributed by atoms with van der Waals surface area (Å²) >= 11 is 0. The van der Waals surface area contributed by atoms with Crippen molar-refractivity contribution in [2.45, 2.75) is 51.7 Å². The molecule has 4 N–H and O–H groups in total. The number of hydrogen-bond donors (Lipinski definition) is 4. The average molecular weight is 467 g/mol. The van der Waals surface area contributed by atoms with Gasteiger partial charge in [0.1, 0.15) is 17.9 Å². The highest BCUT2D eigenvalue weighted by atomic mass is 16.7. The summed E-state index contributed by atoms with van der Waals surface area (Å²) in [5.41, 5.74) is 5.24. The highest BCUT2D eigenvalue weighted by Crippen LogP contribution is 2.31. The first-order chi connectivity index (χ1) is 16.4. The van der Waals surface area contributed by atoms with Gasteiger partial charge in [0.25, 0.3) is 5.56 Å². The van der Waals surface area contributed by atoms with E-state index in [0.717, 1.165) is 25.7 Å². The van der Waals surface area contributed by atoms with Crippen LogP contribution in [0.3, 0.4) is 0 Å². The zero-order valence-corrected chi connectivity index (χ0v) is 19.4. The summed E-state index contributed by atoms with van der Waals surface area (Å²) in [5, 5.41) is 34.1. The van der Waals surface area contributed by atoms with Crippen LogP contribution < -0.4 is 15.7 Å². The van der Waals surface area contributed by atoms with Gasteiger partial charge in [0.2, 0.25) is 0 Å². The third-order valence-electron chi connectivity index (χ3n) is 6.52. The van der Waals surface area contributed by atoms with Crippen molar-refractivity contribution in [1.29, 1.82) is 0 Å². The fraction of sp³-hybridized carbons (Fsp3) is 0.385. The molecule has 0 bridgehead atoms. The van der Waals surface area contributed by atoms with Crippen molar-refractivity contribution in [1.82, 2.24) is 10.0 Å². The summed E-state index contributed by atoms with van der Waals surface area (Å²) in [7, 11) is 0. The number of fused-ring (bicyclic) bond motifs is 2. The first kappa shape index (κ1) is 23.9. The highest BCUT2D eigenvalue weighted by Gasteiger charge is 2.24. The smallest absolute Gasteiger partial charge is 0.358 e. The lowest BCUT2D eigenvalue weighted by Crippen LogP contribution is -2.34. The van der Waals surface area contributed by atoms with Crippen LogP contribution in [0.1, 0.15) is 47.8 Å². The maximum atomic E-state index is 12.2. The number of phenolic OH excluding ortho intramolecular Hbond substituents is 1. The summed E-state index contributed by atoms with van der Waals surface area (Å²) in [4.78, 5) is 28.7. The molecule has 4 rings (SSSR count). The van der Waals surface area contributed by atoms with Crippen LogP contribution in [0.5, 0.6) is 5.75 Å². The van der Waals surface area contributed by atoms with E-state index in [1.165, 1.54) is 40.5 Å². The van der Waals surface area contributed by atoms with Crippen molar-refractivity contribution >= 4 is 16.9 Å². The maximum Gasteiger partial charge on any atom is 0.358 e. The second-order valence-corrected chi connectivity index (χ2v) is 8.65. The molecule has 1 aliphatic rings. The predicted octanol–water partition coefficient (Wildman–Crippen LogP) is 1.57. The third kappa shape index (κ3) is 4.57. The molecule has 34 heavy (non-hydrogen) atoms. The minimum absolute atomic E-state index is 0.0432. The van der Waals surface area contributed by atoms with Crippen molar-refractivity contribution in [3.05, 3.63) is 74.6 Å². The summed E-state index contributed by atoms with van der Waals surface area (Å²) in [6.07, 6.45) is 2.89. The molecule has 1 aromatic heterocycles. The largest absolute Gasteiger partial charge is 0.506 e. The Labute approximate surface area is 197 Å². The Morgan fingerprint density at radius 3 is 2.35 bits per heavy atom. The minimum atomic E-state index is -1.04. The number of benzene rings is 2. The topological polar surface area (TPSA) is 121 Å². The normalized spacial score (nSPS) is 14.4. The molecular formula is C26H30N2O6. The molecule has 2 aromatic carbocycles. The summed E-state index contributed by atoms with van der Waals surface area (Å²) in [6, 6.07) is 10.4. The molecule has 0 amide bonds. The van der Waals surface area contributed by atoms with Gasteiger partial charge in [-0.1, -0.05) is 32.0 Å². The number of aliphatic hydroxyl groups is 2. The monoisotopic (exact) mass is 466 g/mol. The van der Waals surface area contributed by atoms with Crippen LogP contribution in [0.15, 0.2) is 41.2 Å². The van der Waals surface area contributed by atoms with Crippen LogP contribution in [0.25, 0.3) is 10.9 Å². The number of hydrogen-bond acceptors (Lipinski definition) is 7. The Kier molecular flexibility index (Phi) is 7.02. The SMILES string of the molecule is CCc1cc2c(cc1CC)CC(NC[C@H](O)c1ccc(O)c3c1ccc(=O)n3OC(=O)CO)C2. The lowest BCUT2D eigenvalue weighted by molar-refractivity contribution is -0.147. The fourth-order valence-electron chi connectivity index (χ4n) is 4.81. The number of pyridine rings is 1. The third-order valence-corrected chi connectivity index (χ3v) is 6.52. The van der Waals surface area contributed by atoms with E-state index in [-0.39, 0.29) is 23.9 Å². The molecular weight excluding hydrogens is 436 g/mol. The molecule has 0 saturated heterocycles. The van der Waals surface area contributed by atoms with Gasteiger partial charge < -0.3 is 25.5 Å². The van der Waals surface area contributed by atoms with Crippen molar-refractivity contribution in [3.8, 4) is 5.75 Å². The summed E-state index contributed by atoms with van der Waals surface area (Å²) < 4.78 is 0.636. The maximum absolute atomic E-state index is 12.2. The Morgan fingerprint density at radius 2 is 1.76 bits per heavy atom. The van der Waals surface area contributed by atoms with Crippen molar-refractivity contribution in [2.24, 2.45) is 0 Å². The van der Waals surface area contributed by atoms with E-state index >= 15 is 0 Å². The average Bonchev–Trinajstić information content (AvgIpc) is 3.24. The van der Waals surface area contributed by atoms with Gasteiger partial charge >= 0.3 is 5.97 Å². The zero-order chi connectivity index (χ0) is 24.4. The number of aliphatic hydroxyl groups excluding tert-OH is 2. The van der Waals surface area contributed by atoms with E-state index in [4.69, 9.17) is 9.94 Å². The highest BCUT2D eigenvalue weighted by molar-refractivity contribution is 5.88. The van der Waals surface area contributed by atoms with E-state index in [2.05, 4.69) is 31.3 Å². The van der Waals surface area contributed by atoms with Crippen LogP contribution >= 0.6 is 0 Å². The second-order valence-electron chi connectivity index (χ2n) is 8.65. The molecule has 8 nitrogen and oxygen atoms in total. The van der Waals surface area contributed by atoms with Crippen molar-refractivity contribution in [3.63, 3.8) is 0 Å². The number of phenols is 1.